The minimum absolute atomic E-state index is 0.109. The highest BCUT2D eigenvalue weighted by Gasteiger charge is 2.28. The summed E-state index contributed by atoms with van der Waals surface area (Å²) in [7, 11) is 1.66. The summed E-state index contributed by atoms with van der Waals surface area (Å²) in [5.74, 6) is 0.153. The second-order valence-electron chi connectivity index (χ2n) is 5.03. The summed E-state index contributed by atoms with van der Waals surface area (Å²) in [6.45, 7) is 0. The number of anilines is 1. The third kappa shape index (κ3) is 3.52. The second kappa shape index (κ2) is 6.94. The molecule has 5 nitrogen and oxygen atoms in total. The average Bonchev–Trinajstić information content (AvgIpc) is 2.83. The molecule has 0 bridgehead atoms. The SMILES string of the molecule is CN1C(=O)/C(=C\c2ccc(C(=O)Nc3ccccn3)cc2)SC1=S. The van der Waals surface area contributed by atoms with E-state index in [2.05, 4.69) is 10.3 Å². The first kappa shape index (κ1) is 16.4. The van der Waals surface area contributed by atoms with Gasteiger partial charge in [0, 0.05) is 18.8 Å². The van der Waals surface area contributed by atoms with Crippen LogP contribution in [0.3, 0.4) is 0 Å². The molecular weight excluding hydrogens is 342 g/mol. The van der Waals surface area contributed by atoms with E-state index in [0.29, 0.717) is 20.6 Å². The lowest BCUT2D eigenvalue weighted by Crippen LogP contribution is -2.22. The Bertz CT molecular complexity index is 833. The second-order valence-corrected chi connectivity index (χ2v) is 6.71. The largest absolute Gasteiger partial charge is 0.307 e. The Labute approximate surface area is 148 Å². The summed E-state index contributed by atoms with van der Waals surface area (Å²) in [6.07, 6.45) is 3.38. The minimum atomic E-state index is -0.236. The molecule has 1 aromatic carbocycles. The van der Waals surface area contributed by atoms with E-state index in [1.165, 1.54) is 16.7 Å². The molecule has 1 N–H and O–H groups in total. The first-order valence-electron chi connectivity index (χ1n) is 7.08. The molecule has 3 rings (SSSR count). The number of pyridine rings is 1. The van der Waals surface area contributed by atoms with Crippen LogP contribution in [-0.4, -0.2) is 33.1 Å². The van der Waals surface area contributed by atoms with E-state index >= 15 is 0 Å². The number of amides is 2. The van der Waals surface area contributed by atoms with Crippen LogP contribution in [0.5, 0.6) is 0 Å². The van der Waals surface area contributed by atoms with Gasteiger partial charge in [0.15, 0.2) is 0 Å². The van der Waals surface area contributed by atoms with Gasteiger partial charge in [0.05, 0.1) is 4.91 Å². The lowest BCUT2D eigenvalue weighted by Gasteiger charge is -2.05. The van der Waals surface area contributed by atoms with Crippen molar-refractivity contribution in [2.45, 2.75) is 0 Å². The number of benzene rings is 1. The van der Waals surface area contributed by atoms with Crippen LogP contribution in [0.25, 0.3) is 6.08 Å². The van der Waals surface area contributed by atoms with Gasteiger partial charge in [-0.25, -0.2) is 4.98 Å². The summed E-state index contributed by atoms with van der Waals surface area (Å²) in [6, 6.07) is 12.3. The zero-order valence-corrected chi connectivity index (χ0v) is 14.4. The molecule has 1 fully saturated rings. The van der Waals surface area contributed by atoms with Crippen molar-refractivity contribution < 1.29 is 9.59 Å². The summed E-state index contributed by atoms with van der Waals surface area (Å²) in [5.41, 5.74) is 1.35. The molecule has 0 spiro atoms. The molecule has 24 heavy (non-hydrogen) atoms. The van der Waals surface area contributed by atoms with Gasteiger partial charge >= 0.3 is 0 Å². The van der Waals surface area contributed by atoms with Gasteiger partial charge in [0.25, 0.3) is 11.8 Å². The summed E-state index contributed by atoms with van der Waals surface area (Å²) < 4.78 is 0.539. The third-order valence-corrected chi connectivity index (χ3v) is 4.85. The molecule has 2 aromatic rings. The molecule has 120 valence electrons. The fraction of sp³-hybridized carbons (Fsp3) is 0.0588. The van der Waals surface area contributed by atoms with E-state index < -0.39 is 0 Å². The van der Waals surface area contributed by atoms with E-state index in [9.17, 15) is 9.59 Å². The fourth-order valence-electron chi connectivity index (χ4n) is 2.05. The molecule has 2 amide bonds. The molecule has 0 saturated carbocycles. The van der Waals surface area contributed by atoms with Crippen molar-refractivity contribution in [3.63, 3.8) is 0 Å². The van der Waals surface area contributed by atoms with E-state index in [-0.39, 0.29) is 11.8 Å². The highest BCUT2D eigenvalue weighted by atomic mass is 32.2. The van der Waals surface area contributed by atoms with Gasteiger partial charge in [-0.15, -0.1) is 0 Å². The van der Waals surface area contributed by atoms with E-state index in [1.54, 1.807) is 61.8 Å². The van der Waals surface area contributed by atoms with Crippen LogP contribution in [0.1, 0.15) is 15.9 Å². The molecular formula is C17H13N3O2S2. The highest BCUT2D eigenvalue weighted by Crippen LogP contribution is 2.31. The molecule has 7 heteroatoms. The third-order valence-electron chi connectivity index (χ3n) is 3.36. The van der Waals surface area contributed by atoms with Gasteiger partial charge < -0.3 is 5.32 Å². The van der Waals surface area contributed by atoms with Crippen molar-refractivity contribution >= 4 is 52.0 Å². The number of rotatable bonds is 3. The highest BCUT2D eigenvalue weighted by molar-refractivity contribution is 8.26. The van der Waals surface area contributed by atoms with Crippen LogP contribution in [0.2, 0.25) is 0 Å². The Morgan fingerprint density at radius 2 is 2.00 bits per heavy atom. The number of thiocarbonyl (C=S) groups is 1. The van der Waals surface area contributed by atoms with Crippen molar-refractivity contribution in [1.29, 1.82) is 0 Å². The van der Waals surface area contributed by atoms with Gasteiger partial charge in [-0.3, -0.25) is 14.5 Å². The smallest absolute Gasteiger partial charge is 0.265 e. The summed E-state index contributed by atoms with van der Waals surface area (Å²) in [4.78, 5) is 30.2. The predicted molar refractivity (Wildman–Crippen MR) is 99.6 cm³/mol. The summed E-state index contributed by atoms with van der Waals surface area (Å²) in [5, 5.41) is 2.72. The molecule has 0 aliphatic carbocycles. The van der Waals surface area contributed by atoms with Crippen molar-refractivity contribution in [2.24, 2.45) is 0 Å². The zero-order chi connectivity index (χ0) is 17.1. The number of hydrogen-bond acceptors (Lipinski definition) is 5. The van der Waals surface area contributed by atoms with Gasteiger partial charge in [-0.05, 0) is 35.9 Å². The Morgan fingerprint density at radius 1 is 1.25 bits per heavy atom. The Morgan fingerprint density at radius 3 is 2.58 bits per heavy atom. The van der Waals surface area contributed by atoms with Crippen molar-refractivity contribution in [3.05, 3.63) is 64.7 Å². The number of nitrogens with zero attached hydrogens (tertiary/aromatic N) is 2. The number of hydrogen-bond donors (Lipinski definition) is 1. The van der Waals surface area contributed by atoms with Crippen molar-refractivity contribution in [3.8, 4) is 0 Å². The van der Waals surface area contributed by atoms with Crippen LogP contribution >= 0.6 is 24.0 Å². The molecule has 1 saturated heterocycles. The maximum atomic E-state index is 12.2. The van der Waals surface area contributed by atoms with Gasteiger partial charge in [0.2, 0.25) is 0 Å². The molecule has 1 aliphatic heterocycles. The predicted octanol–water partition coefficient (Wildman–Crippen LogP) is 3.16. The van der Waals surface area contributed by atoms with E-state index in [4.69, 9.17) is 12.2 Å². The normalized spacial score (nSPS) is 15.9. The van der Waals surface area contributed by atoms with Crippen LogP contribution in [-0.2, 0) is 4.79 Å². The number of thioether (sulfide) groups is 1. The van der Waals surface area contributed by atoms with E-state index in [1.807, 2.05) is 0 Å². The van der Waals surface area contributed by atoms with Crippen molar-refractivity contribution in [2.75, 3.05) is 12.4 Å². The monoisotopic (exact) mass is 355 g/mol. The first-order chi connectivity index (χ1) is 11.5. The lowest BCUT2D eigenvalue weighted by atomic mass is 10.1. The van der Waals surface area contributed by atoms with Crippen LogP contribution in [0.4, 0.5) is 5.82 Å². The number of carbonyl (C=O) groups excluding carboxylic acids is 2. The maximum Gasteiger partial charge on any atom is 0.265 e. The Kier molecular flexibility index (Phi) is 4.73. The number of carbonyl (C=O) groups is 2. The molecule has 2 heterocycles. The van der Waals surface area contributed by atoms with E-state index in [0.717, 1.165) is 5.56 Å². The minimum Gasteiger partial charge on any atom is -0.307 e. The fourth-order valence-corrected chi connectivity index (χ4v) is 3.23. The maximum absolute atomic E-state index is 12.2. The molecule has 0 radical (unpaired) electrons. The average molecular weight is 355 g/mol. The quantitative estimate of drug-likeness (QED) is 0.677. The molecule has 1 aliphatic rings. The standard InChI is InChI=1S/C17H13N3O2S2/c1-20-16(22)13(24-17(20)23)10-11-5-7-12(8-6-11)15(21)19-14-4-2-3-9-18-14/h2-10H,1H3,(H,18,19,21)/b13-10+. The summed E-state index contributed by atoms with van der Waals surface area (Å²) >= 11 is 6.37. The zero-order valence-electron chi connectivity index (χ0n) is 12.7. The lowest BCUT2D eigenvalue weighted by molar-refractivity contribution is -0.121. The van der Waals surface area contributed by atoms with Crippen LogP contribution in [0, 0.1) is 0 Å². The molecule has 0 unspecified atom stereocenters. The number of aromatic nitrogens is 1. The van der Waals surface area contributed by atoms with Crippen LogP contribution < -0.4 is 5.32 Å². The molecule has 1 aromatic heterocycles. The Balaban J connectivity index is 1.73. The number of likely N-dealkylation sites (N-methyl/N-ethyl adjacent to an activating group) is 1. The van der Waals surface area contributed by atoms with Gasteiger partial charge in [-0.1, -0.05) is 42.2 Å². The van der Waals surface area contributed by atoms with Gasteiger partial charge in [0.1, 0.15) is 10.1 Å². The Hall–Kier alpha value is -2.51. The van der Waals surface area contributed by atoms with Gasteiger partial charge in [-0.2, -0.15) is 0 Å². The first-order valence-corrected chi connectivity index (χ1v) is 8.31. The molecule has 0 atom stereocenters. The van der Waals surface area contributed by atoms with Crippen molar-refractivity contribution in [1.82, 2.24) is 9.88 Å². The van der Waals surface area contributed by atoms with Crippen LogP contribution in [0.15, 0.2) is 53.6 Å². The number of nitrogens with one attached hydrogen (secondary N) is 1. The topological polar surface area (TPSA) is 62.3 Å².